The van der Waals surface area contributed by atoms with E-state index in [1.165, 1.54) is 24.8 Å². The van der Waals surface area contributed by atoms with E-state index in [1.54, 1.807) is 0 Å². The van der Waals surface area contributed by atoms with Gasteiger partial charge >= 0.3 is 0 Å². The summed E-state index contributed by atoms with van der Waals surface area (Å²) in [5.41, 5.74) is 1.57. The van der Waals surface area contributed by atoms with Gasteiger partial charge in [0.15, 0.2) is 0 Å². The summed E-state index contributed by atoms with van der Waals surface area (Å²) < 4.78 is 0. The zero-order valence-electron chi connectivity index (χ0n) is 13.5. The molecule has 1 aromatic heterocycles. The highest BCUT2D eigenvalue weighted by Crippen LogP contribution is 2.37. The van der Waals surface area contributed by atoms with Crippen LogP contribution in [0.3, 0.4) is 0 Å². The molecule has 1 N–H and O–H groups in total. The Morgan fingerprint density at radius 1 is 1.30 bits per heavy atom. The molecule has 2 rings (SSSR count). The van der Waals surface area contributed by atoms with Crippen molar-refractivity contribution in [2.24, 2.45) is 0 Å². The Labute approximate surface area is 123 Å². The second kappa shape index (κ2) is 6.10. The van der Waals surface area contributed by atoms with Crippen LogP contribution in [0, 0.1) is 0 Å². The number of nitrogens with zero attached hydrogens (tertiary/aromatic N) is 3. The van der Waals surface area contributed by atoms with E-state index in [0.29, 0.717) is 11.6 Å². The molecule has 0 saturated heterocycles. The SMILES string of the molecule is CNC(C)c1ccc(N(C)CC2(N(C)C)CCC2)nc1. The Kier molecular flexibility index (Phi) is 4.66. The van der Waals surface area contributed by atoms with Gasteiger partial charge < -0.3 is 15.1 Å². The number of anilines is 1. The number of nitrogens with one attached hydrogen (secondary N) is 1. The molecule has 1 atom stereocenters. The van der Waals surface area contributed by atoms with Crippen LogP contribution in [0.4, 0.5) is 5.82 Å². The van der Waals surface area contributed by atoms with Crippen molar-refractivity contribution in [1.29, 1.82) is 0 Å². The first-order valence-corrected chi connectivity index (χ1v) is 7.50. The number of likely N-dealkylation sites (N-methyl/N-ethyl adjacent to an activating group) is 2. The maximum Gasteiger partial charge on any atom is 0.128 e. The second-order valence-corrected chi connectivity index (χ2v) is 6.29. The zero-order chi connectivity index (χ0) is 14.8. The number of aromatic nitrogens is 1. The highest BCUT2D eigenvalue weighted by molar-refractivity contribution is 5.39. The molecule has 112 valence electrons. The molecule has 0 amide bonds. The average Bonchev–Trinajstić information content (AvgIpc) is 2.41. The fraction of sp³-hybridized carbons (Fsp3) is 0.688. The predicted octanol–water partition coefficient (Wildman–Crippen LogP) is 2.28. The van der Waals surface area contributed by atoms with Gasteiger partial charge in [-0.2, -0.15) is 0 Å². The Balaban J connectivity index is 2.04. The van der Waals surface area contributed by atoms with Gasteiger partial charge in [0.25, 0.3) is 0 Å². The Morgan fingerprint density at radius 2 is 2.00 bits per heavy atom. The van der Waals surface area contributed by atoms with Gasteiger partial charge in [-0.1, -0.05) is 6.07 Å². The molecule has 0 aliphatic heterocycles. The summed E-state index contributed by atoms with van der Waals surface area (Å²) in [5.74, 6) is 1.06. The van der Waals surface area contributed by atoms with E-state index in [2.05, 4.69) is 60.3 Å². The molecule has 0 bridgehead atoms. The lowest BCUT2D eigenvalue weighted by Crippen LogP contribution is -2.56. The van der Waals surface area contributed by atoms with Crippen LogP contribution in [0.5, 0.6) is 0 Å². The summed E-state index contributed by atoms with van der Waals surface area (Å²) >= 11 is 0. The highest BCUT2D eigenvalue weighted by atomic mass is 15.2. The van der Waals surface area contributed by atoms with Gasteiger partial charge in [-0.05, 0) is 59.0 Å². The third-order valence-electron chi connectivity index (χ3n) is 4.86. The fourth-order valence-electron chi connectivity index (χ4n) is 2.90. The van der Waals surface area contributed by atoms with Gasteiger partial charge in [-0.15, -0.1) is 0 Å². The summed E-state index contributed by atoms with van der Waals surface area (Å²) in [6.07, 6.45) is 5.91. The monoisotopic (exact) mass is 276 g/mol. The lowest BCUT2D eigenvalue weighted by atomic mass is 9.75. The topological polar surface area (TPSA) is 31.4 Å². The van der Waals surface area contributed by atoms with Crippen molar-refractivity contribution in [1.82, 2.24) is 15.2 Å². The third-order valence-corrected chi connectivity index (χ3v) is 4.86. The second-order valence-electron chi connectivity index (χ2n) is 6.29. The normalized spacial score (nSPS) is 18.7. The standard InChI is InChI=1S/C16H28N4/c1-13(17-2)14-7-8-15(18-11-14)20(5)12-16(19(3)4)9-6-10-16/h7-8,11,13,17H,6,9-10,12H2,1-5H3. The maximum absolute atomic E-state index is 4.62. The summed E-state index contributed by atoms with van der Waals surface area (Å²) in [6, 6.07) is 4.65. The molecule has 1 aliphatic carbocycles. The van der Waals surface area contributed by atoms with Crippen LogP contribution in [0.15, 0.2) is 18.3 Å². The molecule has 4 nitrogen and oxygen atoms in total. The number of rotatable bonds is 6. The summed E-state index contributed by atoms with van der Waals surface area (Å²) in [5, 5.41) is 3.24. The van der Waals surface area contributed by atoms with E-state index >= 15 is 0 Å². The van der Waals surface area contributed by atoms with Crippen LogP contribution in [0.25, 0.3) is 0 Å². The number of pyridine rings is 1. The molecule has 1 saturated carbocycles. The van der Waals surface area contributed by atoms with Crippen LogP contribution in [0.1, 0.15) is 37.8 Å². The molecule has 0 spiro atoms. The molecule has 20 heavy (non-hydrogen) atoms. The molecule has 1 aliphatic rings. The smallest absolute Gasteiger partial charge is 0.128 e. The van der Waals surface area contributed by atoms with Crippen LogP contribution < -0.4 is 10.2 Å². The zero-order valence-corrected chi connectivity index (χ0v) is 13.5. The van der Waals surface area contributed by atoms with Crippen molar-refractivity contribution < 1.29 is 0 Å². The average molecular weight is 276 g/mol. The van der Waals surface area contributed by atoms with Crippen LogP contribution in [-0.4, -0.2) is 50.2 Å². The van der Waals surface area contributed by atoms with Gasteiger partial charge in [0, 0.05) is 31.4 Å². The Bertz CT molecular complexity index is 423. The summed E-state index contributed by atoms with van der Waals surface area (Å²) in [7, 11) is 8.51. The van der Waals surface area contributed by atoms with Crippen molar-refractivity contribution in [2.75, 3.05) is 39.6 Å². The highest BCUT2D eigenvalue weighted by Gasteiger charge is 2.40. The first kappa shape index (κ1) is 15.3. The van der Waals surface area contributed by atoms with Crippen LogP contribution in [-0.2, 0) is 0 Å². The first-order chi connectivity index (χ1) is 9.48. The molecular formula is C16H28N4. The molecule has 0 aromatic carbocycles. The van der Waals surface area contributed by atoms with Gasteiger partial charge in [-0.25, -0.2) is 4.98 Å². The van der Waals surface area contributed by atoms with Crippen molar-refractivity contribution in [2.45, 2.75) is 37.8 Å². The molecule has 4 heteroatoms. The van der Waals surface area contributed by atoms with E-state index < -0.39 is 0 Å². The lowest BCUT2D eigenvalue weighted by molar-refractivity contribution is 0.0682. The van der Waals surface area contributed by atoms with E-state index in [4.69, 9.17) is 0 Å². The van der Waals surface area contributed by atoms with Crippen LogP contribution in [0.2, 0.25) is 0 Å². The predicted molar refractivity (Wildman–Crippen MR) is 85.3 cm³/mol. The minimum absolute atomic E-state index is 0.341. The third kappa shape index (κ3) is 2.96. The lowest BCUT2D eigenvalue weighted by Gasteiger charge is -2.49. The van der Waals surface area contributed by atoms with Gasteiger partial charge in [0.1, 0.15) is 5.82 Å². The summed E-state index contributed by atoms with van der Waals surface area (Å²) in [4.78, 5) is 9.28. The van der Waals surface area contributed by atoms with Gasteiger partial charge in [0.2, 0.25) is 0 Å². The molecule has 1 unspecified atom stereocenters. The minimum Gasteiger partial charge on any atom is -0.358 e. The van der Waals surface area contributed by atoms with E-state index in [-0.39, 0.29) is 0 Å². The summed E-state index contributed by atoms with van der Waals surface area (Å²) in [6.45, 7) is 3.20. The fourth-order valence-corrected chi connectivity index (χ4v) is 2.90. The Morgan fingerprint density at radius 3 is 2.40 bits per heavy atom. The van der Waals surface area contributed by atoms with Crippen LogP contribution >= 0.6 is 0 Å². The van der Waals surface area contributed by atoms with E-state index in [1.807, 2.05) is 13.2 Å². The number of hydrogen-bond donors (Lipinski definition) is 1. The quantitative estimate of drug-likeness (QED) is 0.864. The van der Waals surface area contributed by atoms with E-state index in [0.717, 1.165) is 12.4 Å². The largest absolute Gasteiger partial charge is 0.358 e. The molecule has 1 fully saturated rings. The van der Waals surface area contributed by atoms with E-state index in [9.17, 15) is 0 Å². The Hall–Kier alpha value is -1.13. The van der Waals surface area contributed by atoms with Crippen molar-refractivity contribution in [3.05, 3.63) is 23.9 Å². The van der Waals surface area contributed by atoms with Gasteiger partial charge in [-0.3, -0.25) is 0 Å². The van der Waals surface area contributed by atoms with Crippen molar-refractivity contribution >= 4 is 5.82 Å². The van der Waals surface area contributed by atoms with Crippen molar-refractivity contribution in [3.63, 3.8) is 0 Å². The maximum atomic E-state index is 4.62. The van der Waals surface area contributed by atoms with Crippen molar-refractivity contribution in [3.8, 4) is 0 Å². The van der Waals surface area contributed by atoms with Gasteiger partial charge in [0.05, 0.1) is 0 Å². The number of hydrogen-bond acceptors (Lipinski definition) is 4. The molecule has 1 heterocycles. The molecular weight excluding hydrogens is 248 g/mol. The minimum atomic E-state index is 0.341. The molecule has 1 aromatic rings. The molecule has 0 radical (unpaired) electrons. The first-order valence-electron chi connectivity index (χ1n) is 7.50.